The van der Waals surface area contributed by atoms with Gasteiger partial charge in [0.2, 0.25) is 0 Å². The minimum absolute atomic E-state index is 0.168. The van der Waals surface area contributed by atoms with Crippen LogP contribution in [0.5, 0.6) is 5.75 Å². The van der Waals surface area contributed by atoms with E-state index in [2.05, 4.69) is 0 Å². The normalized spacial score (nSPS) is 13.6. The minimum atomic E-state index is -4.41. The number of rotatable bonds is 3. The van der Waals surface area contributed by atoms with E-state index in [9.17, 15) is 17.6 Å². The molecule has 1 aromatic carbocycles. The van der Waals surface area contributed by atoms with Crippen molar-refractivity contribution in [1.82, 2.24) is 0 Å². The van der Waals surface area contributed by atoms with E-state index in [1.54, 1.807) is 0 Å². The average Bonchev–Trinajstić information content (AvgIpc) is 2.14. The van der Waals surface area contributed by atoms with E-state index in [1.807, 2.05) is 0 Å². The second-order valence-corrected chi connectivity index (χ2v) is 3.31. The van der Waals surface area contributed by atoms with Crippen molar-refractivity contribution in [2.75, 3.05) is 7.11 Å². The zero-order chi connectivity index (χ0) is 12.3. The highest BCUT2D eigenvalue weighted by molar-refractivity contribution is 5.30. The number of hydrogen-bond acceptors (Lipinski definition) is 2. The molecule has 0 saturated carbocycles. The summed E-state index contributed by atoms with van der Waals surface area (Å²) in [6.07, 6.45) is -5.66. The molecule has 16 heavy (non-hydrogen) atoms. The number of alkyl halides is 3. The highest BCUT2D eigenvalue weighted by Crippen LogP contribution is 2.30. The molecule has 1 rings (SSSR count). The van der Waals surface area contributed by atoms with Gasteiger partial charge in [0, 0.05) is 17.7 Å². The molecule has 0 radical (unpaired) electrons. The smallest absolute Gasteiger partial charge is 0.390 e. The molecule has 1 aromatic rings. The van der Waals surface area contributed by atoms with Crippen LogP contribution in [0.2, 0.25) is 0 Å². The van der Waals surface area contributed by atoms with Crippen molar-refractivity contribution in [1.29, 1.82) is 0 Å². The SMILES string of the molecule is COc1ccc(C(N)CC(F)(F)F)c(F)c1. The van der Waals surface area contributed by atoms with Gasteiger partial charge in [-0.05, 0) is 6.07 Å². The van der Waals surface area contributed by atoms with Crippen LogP contribution >= 0.6 is 0 Å². The van der Waals surface area contributed by atoms with Crippen LogP contribution in [0.4, 0.5) is 17.6 Å². The van der Waals surface area contributed by atoms with Gasteiger partial charge in [0.1, 0.15) is 11.6 Å². The maximum absolute atomic E-state index is 13.3. The Kier molecular flexibility index (Phi) is 3.74. The van der Waals surface area contributed by atoms with Crippen molar-refractivity contribution in [3.8, 4) is 5.75 Å². The molecular formula is C10H11F4NO. The summed E-state index contributed by atoms with van der Waals surface area (Å²) in [7, 11) is 1.34. The van der Waals surface area contributed by atoms with Crippen LogP contribution in [-0.2, 0) is 0 Å². The molecule has 0 spiro atoms. The van der Waals surface area contributed by atoms with Gasteiger partial charge < -0.3 is 10.5 Å². The number of ether oxygens (including phenoxy) is 1. The van der Waals surface area contributed by atoms with Crippen LogP contribution in [0.1, 0.15) is 18.0 Å². The number of benzene rings is 1. The fourth-order valence-corrected chi connectivity index (χ4v) is 1.29. The monoisotopic (exact) mass is 237 g/mol. The van der Waals surface area contributed by atoms with E-state index >= 15 is 0 Å². The van der Waals surface area contributed by atoms with E-state index in [1.165, 1.54) is 19.2 Å². The van der Waals surface area contributed by atoms with Crippen LogP contribution in [0.25, 0.3) is 0 Å². The Morgan fingerprint density at radius 2 is 2.00 bits per heavy atom. The number of methoxy groups -OCH3 is 1. The van der Waals surface area contributed by atoms with Gasteiger partial charge in [-0.25, -0.2) is 4.39 Å². The lowest BCUT2D eigenvalue weighted by Crippen LogP contribution is -2.21. The van der Waals surface area contributed by atoms with E-state index in [0.717, 1.165) is 6.07 Å². The van der Waals surface area contributed by atoms with Crippen molar-refractivity contribution >= 4 is 0 Å². The zero-order valence-corrected chi connectivity index (χ0v) is 8.51. The highest BCUT2D eigenvalue weighted by Gasteiger charge is 2.31. The predicted octanol–water partition coefficient (Wildman–Crippen LogP) is 2.79. The highest BCUT2D eigenvalue weighted by atomic mass is 19.4. The first-order valence-electron chi connectivity index (χ1n) is 4.49. The Morgan fingerprint density at radius 3 is 2.44 bits per heavy atom. The summed E-state index contributed by atoms with van der Waals surface area (Å²) in [6.45, 7) is 0. The molecule has 0 saturated heterocycles. The standard InChI is InChI=1S/C10H11F4NO/c1-16-6-2-3-7(8(11)4-6)9(15)5-10(12,13)14/h2-4,9H,5,15H2,1H3. The summed E-state index contributed by atoms with van der Waals surface area (Å²) in [6, 6.07) is 2.18. The first-order chi connectivity index (χ1) is 7.33. The third-order valence-corrected chi connectivity index (χ3v) is 2.06. The van der Waals surface area contributed by atoms with E-state index in [0.29, 0.717) is 0 Å². The lowest BCUT2D eigenvalue weighted by Gasteiger charge is -2.15. The van der Waals surface area contributed by atoms with Gasteiger partial charge >= 0.3 is 6.18 Å². The molecular weight excluding hydrogens is 226 g/mol. The van der Waals surface area contributed by atoms with Crippen LogP contribution in [0.3, 0.4) is 0 Å². The first-order valence-corrected chi connectivity index (χ1v) is 4.49. The summed E-state index contributed by atoms with van der Waals surface area (Å²) in [5.74, 6) is -0.559. The number of hydrogen-bond donors (Lipinski definition) is 1. The molecule has 90 valence electrons. The van der Waals surface area contributed by atoms with Gasteiger partial charge in [0.05, 0.1) is 13.5 Å². The maximum Gasteiger partial charge on any atom is 0.390 e. The summed E-state index contributed by atoms with van der Waals surface area (Å²) in [4.78, 5) is 0. The Labute approximate surface area is 90.0 Å². The van der Waals surface area contributed by atoms with Gasteiger partial charge in [0.15, 0.2) is 0 Å². The van der Waals surface area contributed by atoms with Gasteiger partial charge in [-0.1, -0.05) is 6.07 Å². The lowest BCUT2D eigenvalue weighted by atomic mass is 10.0. The average molecular weight is 237 g/mol. The largest absolute Gasteiger partial charge is 0.497 e. The van der Waals surface area contributed by atoms with Crippen molar-refractivity contribution in [2.24, 2.45) is 5.73 Å². The third-order valence-electron chi connectivity index (χ3n) is 2.06. The molecule has 0 bridgehead atoms. The first kappa shape index (κ1) is 12.8. The zero-order valence-electron chi connectivity index (χ0n) is 8.51. The molecule has 0 heterocycles. The van der Waals surface area contributed by atoms with Crippen molar-refractivity contribution in [3.63, 3.8) is 0 Å². The molecule has 0 aromatic heterocycles. The van der Waals surface area contributed by atoms with Crippen molar-refractivity contribution in [2.45, 2.75) is 18.6 Å². The second-order valence-electron chi connectivity index (χ2n) is 3.31. The number of nitrogens with two attached hydrogens (primary N) is 1. The molecule has 0 amide bonds. The minimum Gasteiger partial charge on any atom is -0.497 e. The van der Waals surface area contributed by atoms with Crippen LogP contribution in [-0.4, -0.2) is 13.3 Å². The molecule has 0 aliphatic carbocycles. The predicted molar refractivity (Wildman–Crippen MR) is 50.6 cm³/mol. The van der Waals surface area contributed by atoms with E-state index in [4.69, 9.17) is 10.5 Å². The summed E-state index contributed by atoms with van der Waals surface area (Å²) in [5, 5.41) is 0. The van der Waals surface area contributed by atoms with Crippen LogP contribution in [0, 0.1) is 5.82 Å². The second kappa shape index (κ2) is 4.69. The van der Waals surface area contributed by atoms with E-state index < -0.39 is 24.5 Å². The molecule has 2 N–H and O–H groups in total. The third kappa shape index (κ3) is 3.37. The molecule has 0 aliphatic heterocycles. The molecule has 6 heteroatoms. The van der Waals surface area contributed by atoms with Crippen molar-refractivity contribution in [3.05, 3.63) is 29.6 Å². The lowest BCUT2D eigenvalue weighted by molar-refractivity contribution is -0.138. The quantitative estimate of drug-likeness (QED) is 0.820. The van der Waals surface area contributed by atoms with Crippen molar-refractivity contribution < 1.29 is 22.3 Å². The van der Waals surface area contributed by atoms with E-state index in [-0.39, 0.29) is 11.3 Å². The Balaban J connectivity index is 2.88. The fourth-order valence-electron chi connectivity index (χ4n) is 1.29. The summed E-state index contributed by atoms with van der Waals surface area (Å²) in [5.41, 5.74) is 5.10. The van der Waals surface area contributed by atoms with Gasteiger partial charge in [-0.3, -0.25) is 0 Å². The fraction of sp³-hybridized carbons (Fsp3) is 0.400. The Morgan fingerprint density at radius 1 is 1.38 bits per heavy atom. The number of halogens is 4. The summed E-state index contributed by atoms with van der Waals surface area (Å²) < 4.78 is 54.2. The Bertz CT molecular complexity index is 364. The Hall–Kier alpha value is -1.30. The molecule has 0 aliphatic rings. The van der Waals surface area contributed by atoms with Gasteiger partial charge in [-0.2, -0.15) is 13.2 Å². The molecule has 2 nitrogen and oxygen atoms in total. The van der Waals surface area contributed by atoms with Gasteiger partial charge in [-0.15, -0.1) is 0 Å². The maximum atomic E-state index is 13.3. The molecule has 1 atom stereocenters. The molecule has 0 fully saturated rings. The van der Waals surface area contributed by atoms with Gasteiger partial charge in [0.25, 0.3) is 0 Å². The van der Waals surface area contributed by atoms with Crippen LogP contribution < -0.4 is 10.5 Å². The topological polar surface area (TPSA) is 35.2 Å². The molecule has 1 unspecified atom stereocenters. The summed E-state index contributed by atoms with van der Waals surface area (Å²) >= 11 is 0. The van der Waals surface area contributed by atoms with Crippen LogP contribution in [0.15, 0.2) is 18.2 Å².